The van der Waals surface area contributed by atoms with Crippen LogP contribution in [0.15, 0.2) is 42.5 Å². The van der Waals surface area contributed by atoms with Gasteiger partial charge in [-0.2, -0.15) is 5.26 Å². The van der Waals surface area contributed by atoms with Crippen molar-refractivity contribution in [2.45, 2.75) is 0 Å². The van der Waals surface area contributed by atoms with Crippen LogP contribution in [0, 0.1) is 21.4 Å². The van der Waals surface area contributed by atoms with Gasteiger partial charge < -0.3 is 10.1 Å². The number of nitrogens with zero attached hydrogens (tertiary/aromatic N) is 2. The van der Waals surface area contributed by atoms with Crippen LogP contribution >= 0.6 is 11.6 Å². The van der Waals surface area contributed by atoms with Gasteiger partial charge in [0.25, 0.3) is 11.6 Å². The molecule has 0 aromatic heterocycles. The highest BCUT2D eigenvalue weighted by Crippen LogP contribution is 2.26. The molecule has 2 rings (SSSR count). The number of nitro benzene ring substituents is 1. The Labute approximate surface area is 136 Å². The fraction of sp³-hybridized carbons (Fsp3) is 0.0667. The molecule has 0 bridgehead atoms. The minimum absolute atomic E-state index is 0.134. The summed E-state index contributed by atoms with van der Waals surface area (Å²) in [5.41, 5.74) is 0.428. The number of benzene rings is 2. The molecule has 8 heteroatoms. The average Bonchev–Trinajstić information content (AvgIpc) is 2.55. The van der Waals surface area contributed by atoms with Crippen molar-refractivity contribution in [2.75, 3.05) is 11.9 Å². The van der Waals surface area contributed by atoms with Crippen molar-refractivity contribution >= 4 is 28.9 Å². The lowest BCUT2D eigenvalue weighted by Crippen LogP contribution is -2.20. The number of nitrogens with one attached hydrogen (secondary N) is 1. The Hall–Kier alpha value is -3.11. The Balaban J connectivity index is 1.98. The van der Waals surface area contributed by atoms with Crippen molar-refractivity contribution in [3.05, 3.63) is 63.2 Å². The Kier molecular flexibility index (Phi) is 5.12. The number of carbonyl (C=O) groups excluding carboxylic acids is 1. The fourth-order valence-electron chi connectivity index (χ4n) is 1.68. The van der Waals surface area contributed by atoms with Crippen LogP contribution in [0.1, 0.15) is 5.56 Å². The molecule has 2 aromatic rings. The highest BCUT2D eigenvalue weighted by atomic mass is 35.5. The summed E-state index contributed by atoms with van der Waals surface area (Å²) in [6.45, 7) is -0.301. The SMILES string of the molecule is N#Cc1ccc(OCC(=O)Nc2cc([N+](=O)[O-])ccc2Cl)cc1. The second kappa shape index (κ2) is 7.24. The summed E-state index contributed by atoms with van der Waals surface area (Å²) in [4.78, 5) is 22.0. The zero-order valence-corrected chi connectivity index (χ0v) is 12.4. The van der Waals surface area contributed by atoms with Crippen LogP contribution in [-0.4, -0.2) is 17.4 Å². The first-order valence-corrected chi connectivity index (χ1v) is 6.74. The highest BCUT2D eigenvalue weighted by Gasteiger charge is 2.12. The largest absolute Gasteiger partial charge is 0.484 e. The summed E-state index contributed by atoms with van der Waals surface area (Å²) in [5, 5.41) is 22.0. The maximum atomic E-state index is 11.8. The second-order valence-electron chi connectivity index (χ2n) is 4.39. The van der Waals surface area contributed by atoms with E-state index in [1.54, 1.807) is 24.3 Å². The molecule has 7 nitrogen and oxygen atoms in total. The van der Waals surface area contributed by atoms with E-state index >= 15 is 0 Å². The van der Waals surface area contributed by atoms with Crippen molar-refractivity contribution in [3.63, 3.8) is 0 Å². The van der Waals surface area contributed by atoms with Gasteiger partial charge in [0.2, 0.25) is 0 Å². The van der Waals surface area contributed by atoms with Gasteiger partial charge in [0, 0.05) is 12.1 Å². The quantitative estimate of drug-likeness (QED) is 0.669. The van der Waals surface area contributed by atoms with Crippen LogP contribution in [0.5, 0.6) is 5.75 Å². The van der Waals surface area contributed by atoms with Crippen LogP contribution < -0.4 is 10.1 Å². The van der Waals surface area contributed by atoms with Crippen molar-refractivity contribution < 1.29 is 14.5 Å². The molecule has 0 aliphatic rings. The third-order valence-corrected chi connectivity index (χ3v) is 3.12. The number of carbonyl (C=O) groups is 1. The highest BCUT2D eigenvalue weighted by molar-refractivity contribution is 6.33. The third-order valence-electron chi connectivity index (χ3n) is 2.79. The number of amides is 1. The van der Waals surface area contributed by atoms with Crippen LogP contribution in [0.4, 0.5) is 11.4 Å². The molecular weight excluding hydrogens is 322 g/mol. The van der Waals surface area contributed by atoms with E-state index in [0.29, 0.717) is 11.3 Å². The van der Waals surface area contributed by atoms with E-state index in [1.165, 1.54) is 18.2 Å². The van der Waals surface area contributed by atoms with E-state index in [1.807, 2.05) is 6.07 Å². The zero-order valence-electron chi connectivity index (χ0n) is 11.7. The lowest BCUT2D eigenvalue weighted by Gasteiger charge is -2.08. The molecule has 23 heavy (non-hydrogen) atoms. The third kappa shape index (κ3) is 4.43. The minimum atomic E-state index is -0.584. The maximum absolute atomic E-state index is 11.8. The molecule has 116 valence electrons. The molecule has 0 aliphatic carbocycles. The Bertz CT molecular complexity index is 784. The summed E-state index contributed by atoms with van der Waals surface area (Å²) in [5.74, 6) is -0.0963. The first kappa shape index (κ1) is 16.3. The van der Waals surface area contributed by atoms with E-state index in [9.17, 15) is 14.9 Å². The number of hydrogen-bond acceptors (Lipinski definition) is 5. The van der Waals surface area contributed by atoms with Crippen LogP contribution in [0.2, 0.25) is 5.02 Å². The molecule has 1 N–H and O–H groups in total. The summed E-state index contributed by atoms with van der Waals surface area (Å²) in [6.07, 6.45) is 0. The van der Waals surface area contributed by atoms with Crippen molar-refractivity contribution in [2.24, 2.45) is 0 Å². The number of rotatable bonds is 5. The number of anilines is 1. The molecule has 0 unspecified atom stereocenters. The smallest absolute Gasteiger partial charge is 0.271 e. The first-order chi connectivity index (χ1) is 11.0. The van der Waals surface area contributed by atoms with Crippen molar-refractivity contribution in [1.82, 2.24) is 0 Å². The molecule has 1 amide bonds. The van der Waals surface area contributed by atoms with E-state index in [-0.39, 0.29) is 23.0 Å². The molecule has 0 saturated heterocycles. The minimum Gasteiger partial charge on any atom is -0.484 e. The van der Waals surface area contributed by atoms with Gasteiger partial charge >= 0.3 is 0 Å². The summed E-state index contributed by atoms with van der Waals surface area (Å²) >= 11 is 5.89. The van der Waals surface area contributed by atoms with Gasteiger partial charge in [0.05, 0.1) is 27.3 Å². The Morgan fingerprint density at radius 2 is 2.00 bits per heavy atom. The molecule has 0 aliphatic heterocycles. The second-order valence-corrected chi connectivity index (χ2v) is 4.80. The average molecular weight is 332 g/mol. The number of hydrogen-bond donors (Lipinski definition) is 1. The molecule has 0 heterocycles. The zero-order chi connectivity index (χ0) is 16.8. The number of nitriles is 1. The predicted molar refractivity (Wildman–Crippen MR) is 83.4 cm³/mol. The Morgan fingerprint density at radius 1 is 1.30 bits per heavy atom. The summed E-state index contributed by atoms with van der Waals surface area (Å²) in [6, 6.07) is 12.0. The van der Waals surface area contributed by atoms with E-state index < -0.39 is 10.8 Å². The normalized spacial score (nSPS) is 9.74. The van der Waals surface area contributed by atoms with Crippen LogP contribution in [0.25, 0.3) is 0 Å². The predicted octanol–water partition coefficient (Wildman–Crippen LogP) is 3.14. The molecule has 0 spiro atoms. The summed E-state index contributed by atoms with van der Waals surface area (Å²) in [7, 11) is 0. The van der Waals surface area contributed by atoms with E-state index in [0.717, 1.165) is 0 Å². The maximum Gasteiger partial charge on any atom is 0.271 e. The molecule has 2 aromatic carbocycles. The number of non-ortho nitro benzene ring substituents is 1. The van der Waals surface area contributed by atoms with Gasteiger partial charge in [-0.3, -0.25) is 14.9 Å². The lowest BCUT2D eigenvalue weighted by atomic mass is 10.2. The monoisotopic (exact) mass is 331 g/mol. The number of nitro groups is 1. The van der Waals surface area contributed by atoms with Gasteiger partial charge in [-0.05, 0) is 30.3 Å². The molecule has 0 fully saturated rings. The van der Waals surface area contributed by atoms with E-state index in [2.05, 4.69) is 5.32 Å². The van der Waals surface area contributed by atoms with Crippen LogP contribution in [0.3, 0.4) is 0 Å². The van der Waals surface area contributed by atoms with Gasteiger partial charge in [0.1, 0.15) is 5.75 Å². The fourth-order valence-corrected chi connectivity index (χ4v) is 1.85. The Morgan fingerprint density at radius 3 is 2.61 bits per heavy atom. The van der Waals surface area contributed by atoms with Crippen molar-refractivity contribution in [3.8, 4) is 11.8 Å². The summed E-state index contributed by atoms with van der Waals surface area (Å²) < 4.78 is 5.26. The number of ether oxygens (including phenoxy) is 1. The van der Waals surface area contributed by atoms with Gasteiger partial charge in [-0.15, -0.1) is 0 Å². The molecule has 0 atom stereocenters. The molecule has 0 saturated carbocycles. The van der Waals surface area contributed by atoms with Crippen molar-refractivity contribution in [1.29, 1.82) is 5.26 Å². The first-order valence-electron chi connectivity index (χ1n) is 6.36. The number of halogens is 1. The molecular formula is C15H10ClN3O4. The lowest BCUT2D eigenvalue weighted by molar-refractivity contribution is -0.384. The van der Waals surface area contributed by atoms with Gasteiger partial charge in [-0.25, -0.2) is 0 Å². The van der Waals surface area contributed by atoms with E-state index in [4.69, 9.17) is 21.6 Å². The topological polar surface area (TPSA) is 105 Å². The van der Waals surface area contributed by atoms with Crippen LogP contribution in [-0.2, 0) is 4.79 Å². The van der Waals surface area contributed by atoms with Gasteiger partial charge in [0.15, 0.2) is 6.61 Å². The standard InChI is InChI=1S/C15H10ClN3O4/c16-13-6-3-11(19(21)22)7-14(13)18-15(20)9-23-12-4-1-10(8-17)2-5-12/h1-7H,9H2,(H,18,20). The van der Waals surface area contributed by atoms with Gasteiger partial charge in [-0.1, -0.05) is 11.6 Å². The molecule has 0 radical (unpaired) electrons.